The first-order chi connectivity index (χ1) is 8.20. The average molecular weight is 234 g/mol. The van der Waals surface area contributed by atoms with Gasteiger partial charge in [0.2, 0.25) is 0 Å². The number of benzene rings is 1. The number of hydrogen-bond acceptors (Lipinski definition) is 3. The summed E-state index contributed by atoms with van der Waals surface area (Å²) in [5, 5.41) is 12.7. The van der Waals surface area contributed by atoms with Crippen LogP contribution in [0.5, 0.6) is 0 Å². The van der Waals surface area contributed by atoms with Gasteiger partial charge in [-0.15, -0.1) is 0 Å². The minimum atomic E-state index is 0.322. The molecule has 2 rings (SSSR count). The standard InChI is InChI=1S/C14H22N2O/c1-10-5-6-13(7-14(10)15)16-8-11-3-2-4-12(11)9-17/h5-7,11-12,16-17H,2-4,8-9,15H2,1H3. The Morgan fingerprint density at radius 1 is 1.35 bits per heavy atom. The lowest BCUT2D eigenvalue weighted by atomic mass is 9.97. The summed E-state index contributed by atoms with van der Waals surface area (Å²) in [4.78, 5) is 0. The van der Waals surface area contributed by atoms with E-state index in [2.05, 4.69) is 11.4 Å². The Morgan fingerprint density at radius 3 is 2.82 bits per heavy atom. The lowest BCUT2D eigenvalue weighted by molar-refractivity contribution is 0.199. The van der Waals surface area contributed by atoms with Crippen molar-refractivity contribution in [1.82, 2.24) is 0 Å². The van der Waals surface area contributed by atoms with Crippen molar-refractivity contribution in [2.45, 2.75) is 26.2 Å². The predicted molar refractivity (Wildman–Crippen MR) is 72.0 cm³/mol. The van der Waals surface area contributed by atoms with Crippen LogP contribution >= 0.6 is 0 Å². The molecule has 0 amide bonds. The molecule has 94 valence electrons. The van der Waals surface area contributed by atoms with Crippen molar-refractivity contribution in [2.24, 2.45) is 11.8 Å². The molecule has 0 bridgehead atoms. The molecule has 1 aromatic carbocycles. The van der Waals surface area contributed by atoms with Gasteiger partial charge in [-0.25, -0.2) is 0 Å². The molecule has 0 radical (unpaired) electrons. The topological polar surface area (TPSA) is 58.3 Å². The van der Waals surface area contributed by atoms with Crippen molar-refractivity contribution in [3.63, 3.8) is 0 Å². The van der Waals surface area contributed by atoms with E-state index in [1.165, 1.54) is 19.3 Å². The molecule has 1 aliphatic rings. The van der Waals surface area contributed by atoms with Crippen molar-refractivity contribution in [3.05, 3.63) is 23.8 Å². The number of aryl methyl sites for hydroxylation is 1. The second-order valence-electron chi connectivity index (χ2n) is 5.09. The summed E-state index contributed by atoms with van der Waals surface area (Å²) in [5.41, 5.74) is 8.91. The first-order valence-corrected chi connectivity index (χ1v) is 6.41. The fraction of sp³-hybridized carbons (Fsp3) is 0.571. The number of hydrogen-bond donors (Lipinski definition) is 3. The number of rotatable bonds is 4. The van der Waals surface area contributed by atoms with E-state index in [9.17, 15) is 5.11 Å². The molecular weight excluding hydrogens is 212 g/mol. The van der Waals surface area contributed by atoms with Gasteiger partial charge in [0, 0.05) is 24.5 Å². The Kier molecular flexibility index (Phi) is 3.89. The van der Waals surface area contributed by atoms with Gasteiger partial charge in [-0.3, -0.25) is 0 Å². The van der Waals surface area contributed by atoms with Gasteiger partial charge in [0.15, 0.2) is 0 Å². The molecule has 0 heterocycles. The van der Waals surface area contributed by atoms with Gasteiger partial charge in [-0.2, -0.15) is 0 Å². The second kappa shape index (κ2) is 5.41. The molecular formula is C14H22N2O. The van der Waals surface area contributed by atoms with E-state index in [1.54, 1.807) is 0 Å². The SMILES string of the molecule is Cc1ccc(NCC2CCCC2CO)cc1N. The summed E-state index contributed by atoms with van der Waals surface area (Å²) in [6.45, 7) is 3.27. The van der Waals surface area contributed by atoms with Crippen molar-refractivity contribution >= 4 is 11.4 Å². The summed E-state index contributed by atoms with van der Waals surface area (Å²) in [5.74, 6) is 1.08. The predicted octanol–water partition coefficient (Wildman–Crippen LogP) is 2.40. The smallest absolute Gasteiger partial charge is 0.0462 e. The molecule has 1 fully saturated rings. The maximum Gasteiger partial charge on any atom is 0.0462 e. The summed E-state index contributed by atoms with van der Waals surface area (Å²) >= 11 is 0. The summed E-state index contributed by atoms with van der Waals surface area (Å²) < 4.78 is 0. The highest BCUT2D eigenvalue weighted by molar-refractivity contribution is 5.58. The molecule has 2 unspecified atom stereocenters. The molecule has 4 N–H and O–H groups in total. The average Bonchev–Trinajstić information content (AvgIpc) is 2.78. The zero-order valence-corrected chi connectivity index (χ0v) is 10.4. The molecule has 1 saturated carbocycles. The quantitative estimate of drug-likeness (QED) is 0.701. The van der Waals surface area contributed by atoms with E-state index in [0.717, 1.165) is 23.5 Å². The molecule has 0 aliphatic heterocycles. The molecule has 3 heteroatoms. The number of nitrogens with two attached hydrogens (primary N) is 1. The number of nitrogen functional groups attached to an aromatic ring is 1. The van der Waals surface area contributed by atoms with Gasteiger partial charge in [-0.05, 0) is 49.3 Å². The third-order valence-electron chi connectivity index (χ3n) is 3.90. The van der Waals surface area contributed by atoms with Crippen LogP contribution in [-0.4, -0.2) is 18.3 Å². The fourth-order valence-corrected chi connectivity index (χ4v) is 2.62. The van der Waals surface area contributed by atoms with Crippen LogP contribution in [0.25, 0.3) is 0 Å². The fourth-order valence-electron chi connectivity index (χ4n) is 2.62. The highest BCUT2D eigenvalue weighted by Crippen LogP contribution is 2.31. The minimum absolute atomic E-state index is 0.322. The number of nitrogens with one attached hydrogen (secondary N) is 1. The van der Waals surface area contributed by atoms with Crippen LogP contribution in [0.4, 0.5) is 11.4 Å². The Balaban J connectivity index is 1.91. The molecule has 3 nitrogen and oxygen atoms in total. The van der Waals surface area contributed by atoms with Crippen molar-refractivity contribution < 1.29 is 5.11 Å². The lowest BCUT2D eigenvalue weighted by Gasteiger charge is -2.18. The summed E-state index contributed by atoms with van der Waals surface area (Å²) in [6, 6.07) is 6.09. The molecule has 0 aromatic heterocycles. The van der Waals surface area contributed by atoms with Gasteiger partial charge in [0.25, 0.3) is 0 Å². The van der Waals surface area contributed by atoms with E-state index in [1.807, 2.05) is 19.1 Å². The minimum Gasteiger partial charge on any atom is -0.398 e. The van der Waals surface area contributed by atoms with E-state index in [0.29, 0.717) is 18.4 Å². The molecule has 1 aliphatic carbocycles. The highest BCUT2D eigenvalue weighted by atomic mass is 16.3. The maximum absolute atomic E-state index is 9.27. The third kappa shape index (κ3) is 2.91. The van der Waals surface area contributed by atoms with Crippen LogP contribution in [-0.2, 0) is 0 Å². The molecule has 0 spiro atoms. The van der Waals surface area contributed by atoms with Gasteiger partial charge in [0.05, 0.1) is 0 Å². The number of anilines is 2. The monoisotopic (exact) mass is 234 g/mol. The van der Waals surface area contributed by atoms with Crippen LogP contribution < -0.4 is 11.1 Å². The first kappa shape index (κ1) is 12.2. The van der Waals surface area contributed by atoms with Gasteiger partial charge in [-0.1, -0.05) is 12.5 Å². The molecule has 2 atom stereocenters. The van der Waals surface area contributed by atoms with E-state index < -0.39 is 0 Å². The van der Waals surface area contributed by atoms with Crippen molar-refractivity contribution in [2.75, 3.05) is 24.2 Å². The molecule has 17 heavy (non-hydrogen) atoms. The normalized spacial score (nSPS) is 23.9. The van der Waals surface area contributed by atoms with Crippen LogP contribution in [0, 0.1) is 18.8 Å². The first-order valence-electron chi connectivity index (χ1n) is 6.41. The summed E-state index contributed by atoms with van der Waals surface area (Å²) in [7, 11) is 0. The number of aliphatic hydroxyl groups is 1. The van der Waals surface area contributed by atoms with E-state index >= 15 is 0 Å². The van der Waals surface area contributed by atoms with E-state index in [-0.39, 0.29) is 0 Å². The summed E-state index contributed by atoms with van der Waals surface area (Å²) in [6.07, 6.45) is 3.63. The largest absolute Gasteiger partial charge is 0.398 e. The van der Waals surface area contributed by atoms with Crippen LogP contribution in [0.2, 0.25) is 0 Å². The Bertz CT molecular complexity index is 378. The highest BCUT2D eigenvalue weighted by Gasteiger charge is 2.26. The van der Waals surface area contributed by atoms with Crippen LogP contribution in [0.1, 0.15) is 24.8 Å². The van der Waals surface area contributed by atoms with Crippen molar-refractivity contribution in [1.29, 1.82) is 0 Å². The Morgan fingerprint density at radius 2 is 2.12 bits per heavy atom. The molecule has 0 saturated heterocycles. The lowest BCUT2D eigenvalue weighted by Crippen LogP contribution is -2.20. The van der Waals surface area contributed by atoms with Gasteiger partial charge < -0.3 is 16.2 Å². The number of aliphatic hydroxyl groups excluding tert-OH is 1. The second-order valence-corrected chi connectivity index (χ2v) is 5.09. The van der Waals surface area contributed by atoms with Gasteiger partial charge in [0.1, 0.15) is 0 Å². The molecule has 1 aromatic rings. The van der Waals surface area contributed by atoms with Crippen LogP contribution in [0.3, 0.4) is 0 Å². The zero-order chi connectivity index (χ0) is 12.3. The Labute approximate surface area is 103 Å². The van der Waals surface area contributed by atoms with Crippen molar-refractivity contribution in [3.8, 4) is 0 Å². The van der Waals surface area contributed by atoms with E-state index in [4.69, 9.17) is 5.73 Å². The Hall–Kier alpha value is -1.22. The van der Waals surface area contributed by atoms with Gasteiger partial charge >= 0.3 is 0 Å². The third-order valence-corrected chi connectivity index (χ3v) is 3.90. The maximum atomic E-state index is 9.27. The van der Waals surface area contributed by atoms with Crippen LogP contribution in [0.15, 0.2) is 18.2 Å². The zero-order valence-electron chi connectivity index (χ0n) is 10.4.